The lowest BCUT2D eigenvalue weighted by molar-refractivity contribution is 0.124. The van der Waals surface area contributed by atoms with Crippen molar-refractivity contribution < 1.29 is 8.78 Å². The van der Waals surface area contributed by atoms with Crippen LogP contribution in [-0.2, 0) is 13.6 Å². The highest BCUT2D eigenvalue weighted by Crippen LogP contribution is 2.22. The summed E-state index contributed by atoms with van der Waals surface area (Å²) >= 11 is 3.09. The third-order valence-electron chi connectivity index (χ3n) is 2.30. The highest BCUT2D eigenvalue weighted by atomic mass is 79.9. The van der Waals surface area contributed by atoms with Gasteiger partial charge in [0.25, 0.3) is 12.0 Å². The summed E-state index contributed by atoms with van der Waals surface area (Å²) in [6, 6.07) is 0. The van der Waals surface area contributed by atoms with Crippen LogP contribution in [0.5, 0.6) is 0 Å². The van der Waals surface area contributed by atoms with E-state index in [1.54, 1.807) is 24.1 Å². The Morgan fingerprint density at radius 3 is 2.78 bits per heavy atom. The molecule has 2 heterocycles. The second kappa shape index (κ2) is 4.97. The Bertz CT molecular complexity index is 623. The van der Waals surface area contributed by atoms with E-state index in [1.807, 2.05) is 0 Å². The molecule has 0 radical (unpaired) electrons. The highest BCUT2D eigenvalue weighted by molar-refractivity contribution is 9.10. The molecule has 0 saturated carbocycles. The average molecular weight is 319 g/mol. The maximum atomic E-state index is 12.2. The van der Waals surface area contributed by atoms with Crippen LogP contribution in [0.1, 0.15) is 0 Å². The number of aryl methyl sites for hydroxylation is 1. The lowest BCUT2D eigenvalue weighted by Crippen LogP contribution is -2.24. The topological polar surface area (TPSA) is 52.7 Å². The highest BCUT2D eigenvalue weighted by Gasteiger charge is 2.14. The van der Waals surface area contributed by atoms with Crippen LogP contribution >= 0.6 is 15.9 Å². The number of halogens is 3. The molecule has 8 heteroatoms. The van der Waals surface area contributed by atoms with Crippen molar-refractivity contribution in [1.29, 1.82) is 0 Å². The maximum absolute atomic E-state index is 12.2. The SMILES string of the molecule is Cn1cc(-c2ncn(CC(F)F)c(=O)c2Br)cn1. The molecule has 0 bridgehead atoms. The molecule has 0 aliphatic carbocycles. The van der Waals surface area contributed by atoms with Crippen LogP contribution in [-0.4, -0.2) is 25.8 Å². The molecule has 0 aliphatic rings. The summed E-state index contributed by atoms with van der Waals surface area (Å²) in [4.78, 5) is 15.8. The van der Waals surface area contributed by atoms with E-state index in [9.17, 15) is 13.6 Å². The van der Waals surface area contributed by atoms with Crippen molar-refractivity contribution in [3.05, 3.63) is 33.5 Å². The first-order valence-corrected chi connectivity index (χ1v) is 5.80. The van der Waals surface area contributed by atoms with Gasteiger partial charge in [0.2, 0.25) is 0 Å². The molecule has 96 valence electrons. The lowest BCUT2D eigenvalue weighted by Gasteiger charge is -2.06. The first kappa shape index (κ1) is 12.9. The van der Waals surface area contributed by atoms with E-state index in [-0.39, 0.29) is 4.47 Å². The molecule has 2 aromatic heterocycles. The van der Waals surface area contributed by atoms with Crippen LogP contribution in [0.2, 0.25) is 0 Å². The van der Waals surface area contributed by atoms with E-state index in [0.29, 0.717) is 11.3 Å². The van der Waals surface area contributed by atoms with Gasteiger partial charge in [0.15, 0.2) is 0 Å². The number of rotatable bonds is 3. The zero-order valence-corrected chi connectivity index (χ0v) is 10.9. The Morgan fingerprint density at radius 1 is 1.50 bits per heavy atom. The predicted octanol–water partition coefficient (Wildman–Crippen LogP) is 1.67. The number of nitrogens with zero attached hydrogens (tertiary/aromatic N) is 4. The minimum Gasteiger partial charge on any atom is -0.292 e. The van der Waals surface area contributed by atoms with Gasteiger partial charge in [-0.1, -0.05) is 0 Å². The lowest BCUT2D eigenvalue weighted by atomic mass is 10.2. The summed E-state index contributed by atoms with van der Waals surface area (Å²) in [6.45, 7) is -0.669. The largest absolute Gasteiger partial charge is 0.292 e. The van der Waals surface area contributed by atoms with Gasteiger partial charge in [-0.3, -0.25) is 14.0 Å². The molecule has 0 amide bonds. The van der Waals surface area contributed by atoms with Gasteiger partial charge in [0, 0.05) is 18.8 Å². The van der Waals surface area contributed by atoms with Gasteiger partial charge in [0.1, 0.15) is 4.47 Å². The second-order valence-electron chi connectivity index (χ2n) is 3.66. The summed E-state index contributed by atoms with van der Waals surface area (Å²) in [5.41, 5.74) is 0.494. The van der Waals surface area contributed by atoms with Crippen molar-refractivity contribution in [3.63, 3.8) is 0 Å². The molecule has 0 N–H and O–H groups in total. The molecule has 0 aromatic carbocycles. The molecule has 0 fully saturated rings. The zero-order valence-electron chi connectivity index (χ0n) is 9.35. The van der Waals surface area contributed by atoms with Crippen molar-refractivity contribution in [2.75, 3.05) is 0 Å². The third kappa shape index (κ3) is 2.47. The molecular weight excluding hydrogens is 310 g/mol. The number of alkyl halides is 2. The summed E-state index contributed by atoms with van der Waals surface area (Å²) in [5.74, 6) is 0. The van der Waals surface area contributed by atoms with Crippen LogP contribution in [0, 0.1) is 0 Å². The van der Waals surface area contributed by atoms with E-state index < -0.39 is 18.5 Å². The van der Waals surface area contributed by atoms with Gasteiger partial charge in [0.05, 0.1) is 24.8 Å². The fraction of sp³-hybridized carbons (Fsp3) is 0.300. The van der Waals surface area contributed by atoms with Gasteiger partial charge in [-0.25, -0.2) is 13.8 Å². The normalized spacial score (nSPS) is 11.2. The number of hydrogen-bond acceptors (Lipinski definition) is 3. The number of aromatic nitrogens is 4. The van der Waals surface area contributed by atoms with Gasteiger partial charge < -0.3 is 0 Å². The average Bonchev–Trinajstić information content (AvgIpc) is 2.71. The minimum absolute atomic E-state index is 0.152. The van der Waals surface area contributed by atoms with Crippen molar-refractivity contribution in [1.82, 2.24) is 19.3 Å². The molecular formula is C10H9BrF2N4O. The van der Waals surface area contributed by atoms with Crippen LogP contribution in [0.3, 0.4) is 0 Å². The number of hydrogen-bond donors (Lipinski definition) is 0. The molecule has 5 nitrogen and oxygen atoms in total. The summed E-state index contributed by atoms with van der Waals surface area (Å²) in [5, 5.41) is 3.96. The Labute approximate surface area is 109 Å². The molecule has 0 aliphatic heterocycles. The predicted molar refractivity (Wildman–Crippen MR) is 64.4 cm³/mol. The summed E-state index contributed by atoms with van der Waals surface area (Å²) in [7, 11) is 1.73. The minimum atomic E-state index is -2.60. The van der Waals surface area contributed by atoms with Crippen LogP contribution in [0.15, 0.2) is 28.0 Å². The molecule has 0 saturated heterocycles. The molecule has 0 spiro atoms. The standard InChI is InChI=1S/C10H9BrF2N4O/c1-16-3-6(2-15-16)9-8(11)10(18)17(5-14-9)4-7(12)13/h2-3,5,7H,4H2,1H3. The van der Waals surface area contributed by atoms with Crippen LogP contribution in [0.25, 0.3) is 11.3 Å². The van der Waals surface area contributed by atoms with Gasteiger partial charge in [-0.05, 0) is 15.9 Å². The van der Waals surface area contributed by atoms with E-state index in [2.05, 4.69) is 26.0 Å². The van der Waals surface area contributed by atoms with Gasteiger partial charge >= 0.3 is 0 Å². The summed E-state index contributed by atoms with van der Waals surface area (Å²) < 4.78 is 27.1. The van der Waals surface area contributed by atoms with Crippen molar-refractivity contribution in [3.8, 4) is 11.3 Å². The van der Waals surface area contributed by atoms with E-state index >= 15 is 0 Å². The Morgan fingerprint density at radius 2 is 2.22 bits per heavy atom. The van der Waals surface area contributed by atoms with Crippen molar-refractivity contribution in [2.24, 2.45) is 7.05 Å². The smallest absolute Gasteiger partial charge is 0.268 e. The van der Waals surface area contributed by atoms with Crippen molar-refractivity contribution >= 4 is 15.9 Å². The maximum Gasteiger partial charge on any atom is 0.268 e. The molecule has 2 aromatic rings. The van der Waals surface area contributed by atoms with E-state index in [0.717, 1.165) is 10.9 Å². The zero-order chi connectivity index (χ0) is 13.3. The summed E-state index contributed by atoms with van der Waals surface area (Å²) in [6.07, 6.45) is 1.75. The van der Waals surface area contributed by atoms with Crippen LogP contribution in [0.4, 0.5) is 8.78 Å². The van der Waals surface area contributed by atoms with Gasteiger partial charge in [-0.15, -0.1) is 0 Å². The van der Waals surface area contributed by atoms with Crippen molar-refractivity contribution in [2.45, 2.75) is 13.0 Å². The Balaban J connectivity index is 2.47. The Hall–Kier alpha value is -1.57. The fourth-order valence-corrected chi connectivity index (χ4v) is 2.05. The molecule has 2 rings (SSSR count). The first-order valence-electron chi connectivity index (χ1n) is 5.01. The van der Waals surface area contributed by atoms with Gasteiger partial charge in [-0.2, -0.15) is 5.10 Å². The molecule has 0 atom stereocenters. The first-order chi connectivity index (χ1) is 8.49. The third-order valence-corrected chi connectivity index (χ3v) is 3.01. The fourth-order valence-electron chi connectivity index (χ4n) is 1.49. The van der Waals surface area contributed by atoms with E-state index in [1.165, 1.54) is 0 Å². The molecule has 18 heavy (non-hydrogen) atoms. The monoisotopic (exact) mass is 318 g/mol. The quantitative estimate of drug-likeness (QED) is 0.865. The molecule has 0 unspecified atom stereocenters. The van der Waals surface area contributed by atoms with Crippen LogP contribution < -0.4 is 5.56 Å². The second-order valence-corrected chi connectivity index (χ2v) is 4.45. The Kier molecular flexibility index (Phi) is 3.55. The van der Waals surface area contributed by atoms with E-state index in [4.69, 9.17) is 0 Å².